The van der Waals surface area contributed by atoms with E-state index >= 15 is 0 Å². The summed E-state index contributed by atoms with van der Waals surface area (Å²) >= 11 is 6.88. The van der Waals surface area contributed by atoms with Crippen molar-refractivity contribution < 1.29 is 4.79 Å². The Balaban J connectivity index is 1.94. The topological polar surface area (TPSA) is 52.9 Å². The normalized spacial score (nSPS) is 9.80. The Morgan fingerprint density at radius 2 is 1.80 bits per heavy atom. The van der Waals surface area contributed by atoms with E-state index in [2.05, 4.69) is 5.32 Å². The summed E-state index contributed by atoms with van der Waals surface area (Å²) in [5.41, 5.74) is 1.62. The van der Waals surface area contributed by atoms with Gasteiger partial charge in [-0.1, -0.05) is 23.7 Å². The molecular formula is C15H11ClN2OS. The molecule has 0 aliphatic rings. The summed E-state index contributed by atoms with van der Waals surface area (Å²) in [6.07, 6.45) is 0.297. The fourth-order valence-corrected chi connectivity index (χ4v) is 2.16. The van der Waals surface area contributed by atoms with E-state index in [0.29, 0.717) is 17.1 Å². The number of thioether (sulfide) groups is 1. The van der Waals surface area contributed by atoms with Gasteiger partial charge in [-0.25, -0.2) is 0 Å². The van der Waals surface area contributed by atoms with E-state index in [9.17, 15) is 4.79 Å². The highest BCUT2D eigenvalue weighted by molar-refractivity contribution is 8.03. The number of benzene rings is 2. The third-order valence-corrected chi connectivity index (χ3v) is 3.43. The predicted octanol–water partition coefficient (Wildman–Crippen LogP) is 4.09. The van der Waals surface area contributed by atoms with Crippen LogP contribution in [0.15, 0.2) is 53.4 Å². The van der Waals surface area contributed by atoms with Gasteiger partial charge in [-0.15, -0.1) is 0 Å². The van der Waals surface area contributed by atoms with Crippen LogP contribution in [0.2, 0.25) is 5.02 Å². The molecule has 0 radical (unpaired) electrons. The van der Waals surface area contributed by atoms with Crippen LogP contribution in [0.4, 0.5) is 5.69 Å². The van der Waals surface area contributed by atoms with Crippen molar-refractivity contribution in [2.24, 2.45) is 0 Å². The van der Waals surface area contributed by atoms with Crippen LogP contribution in [-0.4, -0.2) is 5.91 Å². The van der Waals surface area contributed by atoms with Gasteiger partial charge in [-0.05, 0) is 53.7 Å². The largest absolute Gasteiger partial charge is 0.326 e. The van der Waals surface area contributed by atoms with Crippen LogP contribution in [0.5, 0.6) is 0 Å². The number of amides is 1. The van der Waals surface area contributed by atoms with Crippen LogP contribution in [0.25, 0.3) is 0 Å². The van der Waals surface area contributed by atoms with Gasteiger partial charge < -0.3 is 5.32 Å². The van der Waals surface area contributed by atoms with Crippen molar-refractivity contribution >= 4 is 35.0 Å². The number of rotatable bonds is 4. The number of nitrogens with zero attached hydrogens (tertiary/aromatic N) is 1. The molecule has 2 aromatic rings. The van der Waals surface area contributed by atoms with Gasteiger partial charge in [-0.2, -0.15) is 5.26 Å². The molecular weight excluding hydrogens is 292 g/mol. The Kier molecular flexibility index (Phi) is 5.05. The van der Waals surface area contributed by atoms with Gasteiger partial charge in [0.15, 0.2) is 0 Å². The van der Waals surface area contributed by atoms with Gasteiger partial charge in [0.25, 0.3) is 0 Å². The predicted molar refractivity (Wildman–Crippen MR) is 81.7 cm³/mol. The first kappa shape index (κ1) is 14.4. The fraction of sp³-hybridized carbons (Fsp3) is 0.0667. The van der Waals surface area contributed by atoms with Crippen LogP contribution < -0.4 is 5.32 Å². The van der Waals surface area contributed by atoms with Gasteiger partial charge in [0.05, 0.1) is 6.42 Å². The molecule has 0 unspecified atom stereocenters. The molecule has 2 aromatic carbocycles. The van der Waals surface area contributed by atoms with Crippen molar-refractivity contribution in [2.45, 2.75) is 11.3 Å². The van der Waals surface area contributed by atoms with Gasteiger partial charge in [0.2, 0.25) is 5.91 Å². The minimum atomic E-state index is -0.0898. The van der Waals surface area contributed by atoms with Crippen molar-refractivity contribution in [1.82, 2.24) is 0 Å². The Hall–Kier alpha value is -1.96. The monoisotopic (exact) mass is 302 g/mol. The summed E-state index contributed by atoms with van der Waals surface area (Å²) in [5, 5.41) is 14.0. The number of hydrogen-bond donors (Lipinski definition) is 1. The van der Waals surface area contributed by atoms with Crippen LogP contribution in [-0.2, 0) is 11.2 Å². The van der Waals surface area contributed by atoms with Crippen LogP contribution >= 0.6 is 23.4 Å². The van der Waals surface area contributed by atoms with Crippen LogP contribution in [0, 0.1) is 10.7 Å². The lowest BCUT2D eigenvalue weighted by atomic mass is 10.1. The molecule has 2 rings (SSSR count). The second kappa shape index (κ2) is 6.99. The molecule has 20 heavy (non-hydrogen) atoms. The number of halogens is 1. The highest BCUT2D eigenvalue weighted by Crippen LogP contribution is 2.19. The molecule has 0 aliphatic heterocycles. The van der Waals surface area contributed by atoms with Crippen LogP contribution in [0.3, 0.4) is 0 Å². The zero-order chi connectivity index (χ0) is 14.4. The molecule has 3 nitrogen and oxygen atoms in total. The lowest BCUT2D eigenvalue weighted by Crippen LogP contribution is -2.14. The summed E-state index contributed by atoms with van der Waals surface area (Å²) < 4.78 is 0. The lowest BCUT2D eigenvalue weighted by molar-refractivity contribution is -0.115. The molecule has 0 aliphatic carbocycles. The maximum Gasteiger partial charge on any atom is 0.228 e. The quantitative estimate of drug-likeness (QED) is 0.683. The zero-order valence-corrected chi connectivity index (χ0v) is 12.0. The Bertz CT molecular complexity index is 632. The van der Waals surface area contributed by atoms with E-state index in [0.717, 1.165) is 22.2 Å². The number of hydrogen-bond acceptors (Lipinski definition) is 3. The maximum atomic E-state index is 11.9. The maximum absolute atomic E-state index is 11.9. The van der Waals surface area contributed by atoms with Gasteiger partial charge in [0, 0.05) is 15.6 Å². The second-order valence-corrected chi connectivity index (χ2v) is 5.36. The molecule has 0 fully saturated rings. The van der Waals surface area contributed by atoms with E-state index in [-0.39, 0.29) is 5.91 Å². The minimum Gasteiger partial charge on any atom is -0.326 e. The molecule has 5 heteroatoms. The van der Waals surface area contributed by atoms with Gasteiger partial charge in [0.1, 0.15) is 5.40 Å². The van der Waals surface area contributed by atoms with Crippen LogP contribution in [0.1, 0.15) is 5.56 Å². The third-order valence-electron chi connectivity index (χ3n) is 2.58. The first-order valence-electron chi connectivity index (χ1n) is 5.87. The molecule has 1 N–H and O–H groups in total. The number of nitrogens with one attached hydrogen (secondary N) is 1. The SMILES string of the molecule is N#CSc1ccc(NC(=O)Cc2ccc(Cl)cc2)cc1. The molecule has 0 bridgehead atoms. The molecule has 0 atom stereocenters. The lowest BCUT2D eigenvalue weighted by Gasteiger charge is -2.06. The standard InChI is InChI=1S/C15H11ClN2OS/c16-12-3-1-11(2-4-12)9-15(19)18-13-5-7-14(8-6-13)20-10-17/h1-8H,9H2,(H,18,19). The molecule has 0 spiro atoms. The van der Waals surface area contributed by atoms with E-state index in [1.54, 1.807) is 36.4 Å². The van der Waals surface area contributed by atoms with Crippen molar-refractivity contribution in [3.63, 3.8) is 0 Å². The molecule has 1 amide bonds. The van der Waals surface area contributed by atoms with E-state index in [4.69, 9.17) is 16.9 Å². The van der Waals surface area contributed by atoms with Crippen molar-refractivity contribution in [3.8, 4) is 5.40 Å². The summed E-state index contributed by atoms with van der Waals surface area (Å²) in [6, 6.07) is 14.3. The Morgan fingerprint density at radius 1 is 1.15 bits per heavy atom. The van der Waals surface area contributed by atoms with Gasteiger partial charge in [-0.3, -0.25) is 4.79 Å². The third kappa shape index (κ3) is 4.30. The molecule has 0 saturated heterocycles. The van der Waals surface area contributed by atoms with E-state index < -0.39 is 0 Å². The smallest absolute Gasteiger partial charge is 0.228 e. The van der Waals surface area contributed by atoms with E-state index in [1.807, 2.05) is 17.5 Å². The number of carbonyl (C=O) groups excluding carboxylic acids is 1. The summed E-state index contributed by atoms with van der Waals surface area (Å²) in [4.78, 5) is 12.7. The number of thiocyanates is 1. The number of anilines is 1. The van der Waals surface area contributed by atoms with Gasteiger partial charge >= 0.3 is 0 Å². The fourth-order valence-electron chi connectivity index (χ4n) is 1.65. The molecule has 0 saturated carbocycles. The first-order chi connectivity index (χ1) is 9.67. The Labute approximate surface area is 126 Å². The minimum absolute atomic E-state index is 0.0898. The van der Waals surface area contributed by atoms with E-state index in [1.165, 1.54) is 0 Å². The highest BCUT2D eigenvalue weighted by atomic mass is 35.5. The second-order valence-electron chi connectivity index (χ2n) is 4.07. The highest BCUT2D eigenvalue weighted by Gasteiger charge is 2.04. The summed E-state index contributed by atoms with van der Waals surface area (Å²) in [5.74, 6) is -0.0898. The average Bonchev–Trinajstić information content (AvgIpc) is 2.44. The summed E-state index contributed by atoms with van der Waals surface area (Å²) in [7, 11) is 0. The van der Waals surface area contributed by atoms with Crippen molar-refractivity contribution in [1.29, 1.82) is 5.26 Å². The molecule has 0 aromatic heterocycles. The van der Waals surface area contributed by atoms with Crippen molar-refractivity contribution in [2.75, 3.05) is 5.32 Å². The molecule has 0 heterocycles. The molecule has 100 valence electrons. The number of carbonyl (C=O) groups is 1. The van der Waals surface area contributed by atoms with Crippen molar-refractivity contribution in [3.05, 3.63) is 59.1 Å². The summed E-state index contributed by atoms with van der Waals surface area (Å²) in [6.45, 7) is 0. The average molecular weight is 303 g/mol. The Morgan fingerprint density at radius 3 is 2.40 bits per heavy atom. The zero-order valence-electron chi connectivity index (χ0n) is 10.5. The first-order valence-corrected chi connectivity index (χ1v) is 7.07. The number of nitriles is 1.